The van der Waals surface area contributed by atoms with E-state index < -0.39 is 26.2 Å². The van der Waals surface area contributed by atoms with Crippen LogP contribution in [0.15, 0.2) is 0 Å². The molecule has 96 valence electrons. The number of rotatable bonds is 3. The monoisotopic (exact) mass is 275 g/mol. The Hall–Kier alpha value is 0.220. The SMILES string of the molecule is O=P(O)(O)C(O)(C1CCNCC1)P(=O)(O)O. The standard InChI is InChI=1S/C6H15NO7P2/c8-6(15(9,10)11,16(12,13)14)5-1-3-7-4-2-5/h5,7-8H,1-4H2,(H2,9,10,11)(H2,12,13,14). The van der Waals surface area contributed by atoms with E-state index in [4.69, 9.17) is 19.6 Å². The molecule has 1 rings (SSSR count). The number of hydrogen-bond donors (Lipinski definition) is 6. The van der Waals surface area contributed by atoms with Crippen LogP contribution in [0.3, 0.4) is 0 Å². The first-order valence-electron chi connectivity index (χ1n) is 4.65. The summed E-state index contributed by atoms with van der Waals surface area (Å²) in [5, 5.41) is 9.37. The van der Waals surface area contributed by atoms with Crippen LogP contribution in [-0.4, -0.2) is 42.9 Å². The summed E-state index contributed by atoms with van der Waals surface area (Å²) in [4.78, 5) is 35.9. The number of nitrogens with one attached hydrogen (secondary N) is 1. The van der Waals surface area contributed by atoms with Gasteiger partial charge in [0, 0.05) is 5.92 Å². The first-order valence-corrected chi connectivity index (χ1v) is 7.87. The van der Waals surface area contributed by atoms with Gasteiger partial charge in [-0.3, -0.25) is 9.13 Å². The zero-order chi connectivity index (χ0) is 12.6. The summed E-state index contributed by atoms with van der Waals surface area (Å²) >= 11 is 0. The first kappa shape index (κ1) is 14.3. The van der Waals surface area contributed by atoms with E-state index in [-0.39, 0.29) is 12.8 Å². The third kappa shape index (κ3) is 2.39. The Balaban J connectivity index is 3.14. The van der Waals surface area contributed by atoms with E-state index in [9.17, 15) is 14.2 Å². The van der Waals surface area contributed by atoms with Crippen LogP contribution in [0.2, 0.25) is 0 Å². The van der Waals surface area contributed by atoms with E-state index in [1.165, 1.54) is 0 Å². The zero-order valence-corrected chi connectivity index (χ0v) is 10.1. The summed E-state index contributed by atoms with van der Waals surface area (Å²) in [6, 6.07) is 0. The number of piperidine rings is 1. The maximum Gasteiger partial charge on any atom is 0.369 e. The molecule has 1 heterocycles. The van der Waals surface area contributed by atoms with Crippen LogP contribution in [0.1, 0.15) is 12.8 Å². The molecule has 0 unspecified atom stereocenters. The minimum absolute atomic E-state index is 0.104. The molecule has 0 aliphatic carbocycles. The van der Waals surface area contributed by atoms with Crippen molar-refractivity contribution in [3.05, 3.63) is 0 Å². The average Bonchev–Trinajstić information content (AvgIpc) is 2.14. The molecular formula is C6H15NO7P2. The molecule has 8 nitrogen and oxygen atoms in total. The molecule has 0 amide bonds. The minimum Gasteiger partial charge on any atom is -0.367 e. The van der Waals surface area contributed by atoms with E-state index in [2.05, 4.69) is 5.32 Å². The van der Waals surface area contributed by atoms with Gasteiger partial charge < -0.3 is 30.0 Å². The van der Waals surface area contributed by atoms with E-state index in [0.29, 0.717) is 13.1 Å². The van der Waals surface area contributed by atoms with E-state index >= 15 is 0 Å². The zero-order valence-electron chi connectivity index (χ0n) is 8.35. The Bertz CT molecular complexity index is 319. The van der Waals surface area contributed by atoms with Gasteiger partial charge in [0.2, 0.25) is 0 Å². The summed E-state index contributed by atoms with van der Waals surface area (Å²) in [7, 11) is -10.6. The molecule has 0 aromatic rings. The van der Waals surface area contributed by atoms with Crippen LogP contribution in [0.4, 0.5) is 0 Å². The molecule has 1 aliphatic rings. The highest BCUT2D eigenvalue weighted by Crippen LogP contribution is 2.71. The van der Waals surface area contributed by atoms with E-state index in [1.54, 1.807) is 0 Å². The fourth-order valence-electron chi connectivity index (χ4n) is 1.85. The van der Waals surface area contributed by atoms with Crippen LogP contribution >= 0.6 is 15.2 Å². The Kier molecular flexibility index (Phi) is 4.00. The molecule has 0 spiro atoms. The van der Waals surface area contributed by atoms with Gasteiger partial charge in [-0.1, -0.05) is 0 Å². The molecule has 0 bridgehead atoms. The fourth-order valence-corrected chi connectivity index (χ4v) is 4.68. The van der Waals surface area contributed by atoms with Gasteiger partial charge in [0.05, 0.1) is 0 Å². The second-order valence-corrected chi connectivity index (χ2v) is 7.69. The fraction of sp³-hybridized carbons (Fsp3) is 1.00. The number of aliphatic hydroxyl groups is 1. The van der Waals surface area contributed by atoms with Crippen LogP contribution in [0.25, 0.3) is 0 Å². The van der Waals surface area contributed by atoms with Crippen LogP contribution in [0.5, 0.6) is 0 Å². The lowest BCUT2D eigenvalue weighted by Gasteiger charge is -2.38. The summed E-state index contributed by atoms with van der Waals surface area (Å²) in [6.45, 7) is 0.708. The molecule has 0 radical (unpaired) electrons. The molecule has 1 saturated heterocycles. The van der Waals surface area contributed by atoms with Crippen molar-refractivity contribution < 1.29 is 33.8 Å². The third-order valence-electron chi connectivity index (χ3n) is 2.74. The van der Waals surface area contributed by atoms with Crippen molar-refractivity contribution >= 4 is 15.2 Å². The van der Waals surface area contributed by atoms with Crippen molar-refractivity contribution in [2.75, 3.05) is 13.1 Å². The Labute approximate surface area is 92.0 Å². The largest absolute Gasteiger partial charge is 0.369 e. The predicted octanol–water partition coefficient (Wildman–Crippen LogP) is -1.01. The lowest BCUT2D eigenvalue weighted by atomic mass is 9.99. The first-order chi connectivity index (χ1) is 7.11. The van der Waals surface area contributed by atoms with Crippen molar-refractivity contribution in [2.24, 2.45) is 5.92 Å². The smallest absolute Gasteiger partial charge is 0.367 e. The van der Waals surface area contributed by atoms with Crippen molar-refractivity contribution in [1.29, 1.82) is 0 Å². The Morgan fingerprint density at radius 3 is 1.69 bits per heavy atom. The molecule has 1 fully saturated rings. The third-order valence-corrected chi connectivity index (χ3v) is 6.75. The number of hydrogen-bond acceptors (Lipinski definition) is 4. The van der Waals surface area contributed by atoms with Crippen molar-refractivity contribution in [3.8, 4) is 0 Å². The molecule has 0 saturated carbocycles. The van der Waals surface area contributed by atoms with Gasteiger partial charge in [-0.15, -0.1) is 0 Å². The van der Waals surface area contributed by atoms with E-state index in [1.807, 2.05) is 0 Å². The Morgan fingerprint density at radius 2 is 1.38 bits per heavy atom. The molecule has 0 aromatic carbocycles. The van der Waals surface area contributed by atoms with Gasteiger partial charge >= 0.3 is 15.2 Å². The molecule has 16 heavy (non-hydrogen) atoms. The highest BCUT2D eigenvalue weighted by atomic mass is 31.2. The quantitative estimate of drug-likeness (QED) is 0.359. The lowest BCUT2D eigenvalue weighted by molar-refractivity contribution is 0.0639. The maximum atomic E-state index is 11.1. The van der Waals surface area contributed by atoms with Crippen molar-refractivity contribution in [1.82, 2.24) is 5.32 Å². The second kappa shape index (κ2) is 4.48. The van der Waals surface area contributed by atoms with Crippen molar-refractivity contribution in [3.63, 3.8) is 0 Å². The van der Waals surface area contributed by atoms with Gasteiger partial charge in [0.15, 0.2) is 0 Å². The molecule has 6 N–H and O–H groups in total. The van der Waals surface area contributed by atoms with Gasteiger partial charge in [-0.2, -0.15) is 0 Å². The maximum absolute atomic E-state index is 11.1. The highest BCUT2D eigenvalue weighted by molar-refractivity contribution is 7.72. The highest BCUT2D eigenvalue weighted by Gasteiger charge is 2.63. The van der Waals surface area contributed by atoms with Crippen LogP contribution in [-0.2, 0) is 9.13 Å². The molecule has 10 heteroatoms. The lowest BCUT2D eigenvalue weighted by Crippen LogP contribution is -2.43. The Morgan fingerprint density at radius 1 is 1.00 bits per heavy atom. The van der Waals surface area contributed by atoms with Gasteiger partial charge in [-0.25, -0.2) is 0 Å². The summed E-state index contributed by atoms with van der Waals surface area (Å²) in [5.74, 6) is -1.12. The summed E-state index contributed by atoms with van der Waals surface area (Å²) < 4.78 is 22.3. The van der Waals surface area contributed by atoms with Gasteiger partial charge in [0.1, 0.15) is 0 Å². The van der Waals surface area contributed by atoms with Crippen LogP contribution in [0, 0.1) is 5.92 Å². The normalized spacial score (nSPS) is 21.1. The van der Waals surface area contributed by atoms with Gasteiger partial charge in [0.25, 0.3) is 5.08 Å². The summed E-state index contributed by atoms with van der Waals surface area (Å²) in [5.41, 5.74) is 0. The summed E-state index contributed by atoms with van der Waals surface area (Å²) in [6.07, 6.45) is 0.208. The second-order valence-electron chi connectivity index (χ2n) is 3.80. The topological polar surface area (TPSA) is 147 Å². The molecule has 1 aliphatic heterocycles. The molecule has 0 atom stereocenters. The van der Waals surface area contributed by atoms with Crippen LogP contribution < -0.4 is 5.32 Å². The molecular weight excluding hydrogens is 260 g/mol. The minimum atomic E-state index is -5.31. The average molecular weight is 275 g/mol. The van der Waals surface area contributed by atoms with E-state index in [0.717, 1.165) is 0 Å². The predicted molar refractivity (Wildman–Crippen MR) is 54.6 cm³/mol. The van der Waals surface area contributed by atoms with Gasteiger partial charge in [-0.05, 0) is 25.9 Å². The molecule has 0 aromatic heterocycles. The van der Waals surface area contributed by atoms with Crippen molar-refractivity contribution in [2.45, 2.75) is 17.9 Å².